The van der Waals surface area contributed by atoms with Crippen LogP contribution in [0.2, 0.25) is 0 Å². The van der Waals surface area contributed by atoms with Gasteiger partial charge in [0.15, 0.2) is 0 Å². The van der Waals surface area contributed by atoms with E-state index in [9.17, 15) is 76.5 Å². The number of carbonyl (C=O) groups excluding carboxylic acids is 12. The average Bonchev–Trinajstić information content (AvgIpc) is 1.60. The first-order chi connectivity index (χ1) is 42.6. The zero-order valence-corrected chi connectivity index (χ0v) is 53.1. The van der Waals surface area contributed by atoms with Crippen LogP contribution in [0.4, 0.5) is 8.78 Å². The Morgan fingerprint density at radius 3 is 1.77 bits per heavy atom. The van der Waals surface area contributed by atoms with Gasteiger partial charge < -0.3 is 79.2 Å². The van der Waals surface area contributed by atoms with E-state index >= 15 is 0 Å². The number of primary amides is 1. The molecule has 1 aliphatic carbocycles. The minimum atomic E-state index is -2.83. The molecule has 0 aromatic heterocycles. The molecular weight excluding hydrogens is 1180 g/mol. The number of likely N-dealkylation sites (N-methyl/N-ethyl adjacent to an activating group) is 1. The summed E-state index contributed by atoms with van der Waals surface area (Å²) >= 11 is 0. The second-order valence-electron chi connectivity index (χ2n) is 23.5. The number of halogens is 2. The van der Waals surface area contributed by atoms with Crippen LogP contribution >= 0.6 is 0 Å². The highest BCUT2D eigenvalue weighted by Gasteiger charge is 2.62. The van der Waals surface area contributed by atoms with Crippen LogP contribution in [0, 0.1) is 23.7 Å². The molecule has 1 saturated heterocycles. The summed E-state index contributed by atoms with van der Waals surface area (Å²) in [5.74, 6) is -14.5. The highest BCUT2D eigenvalue weighted by atomic mass is 19.3. The molecule has 29 heteroatoms. The second-order valence-corrected chi connectivity index (χ2v) is 23.5. The van der Waals surface area contributed by atoms with E-state index in [4.69, 9.17) is 10.5 Å². The number of ether oxygens (including phenoxy) is 1. The molecule has 27 nitrogen and oxygen atoms in total. The summed E-state index contributed by atoms with van der Waals surface area (Å²) < 4.78 is 32.8. The maximum atomic E-state index is 14.4. The predicted octanol–water partition coefficient (Wildman–Crippen LogP) is -0.800. The molecule has 2 aliphatic rings. The van der Waals surface area contributed by atoms with E-state index in [0.717, 1.165) is 18.4 Å². The molecule has 0 radical (unpaired) electrons. The van der Waals surface area contributed by atoms with Gasteiger partial charge >= 0.3 is 5.97 Å². The summed E-state index contributed by atoms with van der Waals surface area (Å²) in [6.45, 7) is 13.9. The zero-order valence-electron chi connectivity index (χ0n) is 53.1. The van der Waals surface area contributed by atoms with Gasteiger partial charge in [-0.2, -0.15) is 0 Å². The van der Waals surface area contributed by atoms with Crippen molar-refractivity contribution in [3.05, 3.63) is 48.6 Å². The van der Waals surface area contributed by atoms with Gasteiger partial charge in [0.2, 0.25) is 71.4 Å². The van der Waals surface area contributed by atoms with Gasteiger partial charge in [-0.05, 0) is 88.7 Å². The van der Waals surface area contributed by atoms with Gasteiger partial charge in [0.05, 0.1) is 19.3 Å². The monoisotopic (exact) mass is 1270 g/mol. The third-order valence-corrected chi connectivity index (χ3v) is 16.7. The smallest absolute Gasteiger partial charge is 0.329 e. The van der Waals surface area contributed by atoms with Crippen molar-refractivity contribution in [2.24, 2.45) is 29.4 Å². The second kappa shape index (κ2) is 37.5. The van der Waals surface area contributed by atoms with Crippen LogP contribution in [0.5, 0.6) is 0 Å². The van der Waals surface area contributed by atoms with Crippen molar-refractivity contribution in [2.75, 3.05) is 20.3 Å². The molecule has 16 atom stereocenters. The fraction of sp³-hybridized carbons (Fsp3) is 0.672. The molecule has 1 saturated carbocycles. The van der Waals surface area contributed by atoms with Gasteiger partial charge in [0, 0.05) is 12.8 Å². The highest BCUT2D eigenvalue weighted by molar-refractivity contribution is 6.01. The molecule has 1 aromatic carbocycles. The highest BCUT2D eigenvalue weighted by Crippen LogP contribution is 2.48. The molecule has 11 amide bonds. The quantitative estimate of drug-likeness (QED) is 0.0222. The Labute approximate surface area is 524 Å². The van der Waals surface area contributed by atoms with E-state index < -0.39 is 206 Å². The minimum Gasteiger partial charge on any atom is -0.458 e. The lowest BCUT2D eigenvalue weighted by Crippen LogP contribution is -2.63. The van der Waals surface area contributed by atoms with Crippen LogP contribution in [-0.4, -0.2) is 180 Å². The largest absolute Gasteiger partial charge is 0.458 e. The van der Waals surface area contributed by atoms with Crippen LogP contribution in [0.1, 0.15) is 138 Å². The van der Waals surface area contributed by atoms with Crippen LogP contribution in [0.15, 0.2) is 43.0 Å². The maximum absolute atomic E-state index is 14.4. The number of esters is 1. The van der Waals surface area contributed by atoms with Gasteiger partial charge in [0.1, 0.15) is 66.0 Å². The number of allylic oxidation sites excluding steroid dienone is 1. The van der Waals surface area contributed by atoms with E-state index in [-0.39, 0.29) is 32.1 Å². The van der Waals surface area contributed by atoms with E-state index in [1.165, 1.54) is 13.8 Å². The molecule has 15 N–H and O–H groups in total. The molecule has 1 aliphatic heterocycles. The Balaban J connectivity index is 1.86. The first kappa shape index (κ1) is 76.6. The molecule has 1 spiro atoms. The first-order valence-electron chi connectivity index (χ1n) is 30.9. The van der Waals surface area contributed by atoms with E-state index in [2.05, 4.69) is 65.1 Å². The number of amides is 11. The van der Waals surface area contributed by atoms with Crippen molar-refractivity contribution >= 4 is 70.9 Å². The van der Waals surface area contributed by atoms with Crippen LogP contribution in [0.25, 0.3) is 0 Å². The van der Waals surface area contributed by atoms with Crippen LogP contribution in [0.3, 0.4) is 0 Å². The van der Waals surface area contributed by atoms with Gasteiger partial charge in [0.25, 0.3) is 0 Å². The van der Waals surface area contributed by atoms with Crippen molar-refractivity contribution in [3.8, 4) is 0 Å². The van der Waals surface area contributed by atoms with Gasteiger partial charge in [-0.1, -0.05) is 110 Å². The SMILES string of the molecule is C=CCCCCC[C@H](NC(=O)[C@@H](Cc1ccccc1)NC)C(=O)N[C@@H](CO)C(=O)N[C@H](CCC(N)=O)C(=O)N[C@@H](C(=O)N[C@H](C(=O)N[C@@H](CO)C(=O)N[C@H]1C(=O)N[C@@H](C)C(=O)N[C@@]2(C[C@H]2CC(F)F)C(=O)N[C@@H]([C@@H](C)CC)C(=O)O[C@H]1C)[C@@H](C)CC)[C@@H](C)CC. The molecule has 1 heterocycles. The number of nitrogens with one attached hydrogen (secondary N) is 11. The Morgan fingerprint density at radius 2 is 1.22 bits per heavy atom. The number of aliphatic hydroxyl groups is 2. The van der Waals surface area contributed by atoms with Crippen molar-refractivity contribution in [1.82, 2.24) is 58.5 Å². The molecule has 2 fully saturated rings. The average molecular weight is 1280 g/mol. The summed E-state index contributed by atoms with van der Waals surface area (Å²) in [5, 5.41) is 49.0. The Kier molecular flexibility index (Phi) is 31.9. The lowest BCUT2D eigenvalue weighted by atomic mass is 9.94. The maximum Gasteiger partial charge on any atom is 0.329 e. The molecule has 3 rings (SSSR count). The van der Waals surface area contributed by atoms with Crippen molar-refractivity contribution in [1.29, 1.82) is 0 Å². The van der Waals surface area contributed by atoms with Crippen molar-refractivity contribution in [2.45, 2.75) is 217 Å². The summed E-state index contributed by atoms with van der Waals surface area (Å²) in [6.07, 6.45) is -0.584. The normalized spacial score (nSPS) is 22.7. The van der Waals surface area contributed by atoms with Crippen LogP contribution in [-0.2, 0) is 68.7 Å². The number of alkyl halides is 2. The lowest BCUT2D eigenvalue weighted by Gasteiger charge is -2.31. The number of hydrogen-bond donors (Lipinski definition) is 14. The van der Waals surface area contributed by atoms with Gasteiger partial charge in [-0.15, -0.1) is 6.58 Å². The number of aliphatic hydroxyl groups excluding tert-OH is 2. The predicted molar refractivity (Wildman–Crippen MR) is 325 cm³/mol. The van der Waals surface area contributed by atoms with Gasteiger partial charge in [-0.25, -0.2) is 13.6 Å². The summed E-state index contributed by atoms with van der Waals surface area (Å²) in [4.78, 5) is 166. The summed E-state index contributed by atoms with van der Waals surface area (Å²) in [6, 6.07) is -5.59. The number of benzene rings is 1. The standard InChI is InChI=1S/C61H96F2N12O15/c1-11-15-16-17-21-24-39(67-53(82)41(65-10)27-37-22-19-18-20-23-37)51(80)69-42(30-76)54(83)68-40(25-26-45(64)78)52(81)71-47(33(6)13-3)57(86)72-46(32(5)12-2)56(85)70-43(31-77)55(84)73-49-36(9)90-59(88)48(34(7)14-4)74-60(89)61(29-38(61)28-44(62)63)75-50(79)35(8)66-58(49)87/h11,18-20,22-23,32-36,38-44,46-49,65,76-77H,1,12-17,21,24-31H2,2-10H3,(H2,64,78)(H,66,87)(H,67,82)(H,68,83)(H,69,80)(H,70,85)(H,71,81)(H,72,86)(H,73,84)(H,74,89)(H,75,79)/t32-,33-,34-,35-,36-,38+,39-,40+,41+,42-,43-,46-,47+,48-,49+,61+/m0/s1. The molecule has 0 bridgehead atoms. The lowest BCUT2D eigenvalue weighted by molar-refractivity contribution is -0.157. The number of rotatable bonds is 36. The molecule has 0 unspecified atom stereocenters. The van der Waals surface area contributed by atoms with E-state index in [1.807, 2.05) is 30.3 Å². The van der Waals surface area contributed by atoms with Crippen molar-refractivity contribution < 1.29 is 81.3 Å². The molecular formula is C61H96F2N12O15. The fourth-order valence-electron chi connectivity index (χ4n) is 10.1. The van der Waals surface area contributed by atoms with E-state index in [0.29, 0.717) is 19.3 Å². The minimum absolute atomic E-state index is 0.155. The third kappa shape index (κ3) is 23.0. The Morgan fingerprint density at radius 1 is 0.700 bits per heavy atom. The molecule has 504 valence electrons. The fourth-order valence-corrected chi connectivity index (χ4v) is 10.1. The number of carbonyl (C=O) groups is 12. The van der Waals surface area contributed by atoms with Crippen LogP contribution < -0.4 is 64.2 Å². The summed E-state index contributed by atoms with van der Waals surface area (Å²) in [5.41, 5.74) is 4.48. The topological polar surface area (TPSA) is 413 Å². The Bertz CT molecular complexity index is 2640. The van der Waals surface area contributed by atoms with Gasteiger partial charge in [-0.3, -0.25) is 52.7 Å². The number of hydrogen-bond acceptors (Lipinski definition) is 16. The molecule has 90 heavy (non-hydrogen) atoms. The third-order valence-electron chi connectivity index (χ3n) is 16.7. The van der Waals surface area contributed by atoms with Crippen molar-refractivity contribution in [3.63, 3.8) is 0 Å². The van der Waals surface area contributed by atoms with E-state index in [1.54, 1.807) is 54.7 Å². The summed E-state index contributed by atoms with van der Waals surface area (Å²) in [7, 11) is 1.60. The first-order valence-corrected chi connectivity index (χ1v) is 30.9. The number of unbranched alkanes of at least 4 members (excludes halogenated alkanes) is 3. The zero-order chi connectivity index (χ0) is 67.6. The Hall–Kier alpha value is -7.66. The number of nitrogens with two attached hydrogens (primary N) is 1. The molecule has 1 aromatic rings. The number of cyclic esters (lactones) is 1.